The van der Waals surface area contributed by atoms with Crippen molar-refractivity contribution in [3.63, 3.8) is 0 Å². The number of likely N-dealkylation sites (N-methyl/N-ethyl adjacent to an activating group) is 1. The van der Waals surface area contributed by atoms with Gasteiger partial charge in [0.05, 0.1) is 4.90 Å². The fraction of sp³-hybridized carbons (Fsp3) is 0.333. The van der Waals surface area contributed by atoms with Gasteiger partial charge >= 0.3 is 0 Å². The fourth-order valence-corrected chi connectivity index (χ4v) is 3.22. The van der Waals surface area contributed by atoms with Crippen LogP contribution in [0, 0.1) is 0 Å². The van der Waals surface area contributed by atoms with E-state index in [4.69, 9.17) is 4.74 Å². The number of aromatic nitrogens is 2. The molecule has 2 aromatic rings. The number of hydrogen-bond acceptors (Lipinski definition) is 7. The standard InChI is InChI=1S/C12H16N4O3S2/c1-2-13-7-8-19-10-3-5-11(6-4-10)21(17,18)16-12-15-14-9-20-12/h3-6,9,13H,2,7-8H2,1H3,(H,15,16). The smallest absolute Gasteiger partial charge is 0.263 e. The number of nitrogens with zero attached hydrogens (tertiary/aromatic N) is 2. The zero-order valence-electron chi connectivity index (χ0n) is 11.4. The van der Waals surface area contributed by atoms with Gasteiger partial charge in [-0.25, -0.2) is 8.42 Å². The summed E-state index contributed by atoms with van der Waals surface area (Å²) in [5.74, 6) is 0.628. The van der Waals surface area contributed by atoms with Crippen LogP contribution in [-0.4, -0.2) is 38.3 Å². The molecule has 1 heterocycles. The molecule has 2 N–H and O–H groups in total. The monoisotopic (exact) mass is 328 g/mol. The third-order valence-electron chi connectivity index (χ3n) is 2.51. The molecule has 114 valence electrons. The molecule has 7 nitrogen and oxygen atoms in total. The predicted octanol–water partition coefficient (Wildman–Crippen LogP) is 1.33. The Morgan fingerprint density at radius 3 is 2.67 bits per heavy atom. The first-order valence-corrected chi connectivity index (χ1v) is 8.70. The molecule has 9 heteroatoms. The van der Waals surface area contributed by atoms with Gasteiger partial charge in [0.1, 0.15) is 17.9 Å². The van der Waals surface area contributed by atoms with Crippen molar-refractivity contribution in [3.8, 4) is 5.75 Å². The number of sulfonamides is 1. The van der Waals surface area contributed by atoms with Crippen molar-refractivity contribution in [2.24, 2.45) is 0 Å². The Bertz CT molecular complexity index is 642. The van der Waals surface area contributed by atoms with Gasteiger partial charge in [-0.3, -0.25) is 4.72 Å². The fourth-order valence-electron chi connectivity index (χ4n) is 1.52. The van der Waals surface area contributed by atoms with E-state index in [1.807, 2.05) is 6.92 Å². The van der Waals surface area contributed by atoms with E-state index in [0.29, 0.717) is 12.4 Å². The normalized spacial score (nSPS) is 11.3. The van der Waals surface area contributed by atoms with Gasteiger partial charge in [-0.05, 0) is 30.8 Å². The molecule has 2 rings (SSSR count). The summed E-state index contributed by atoms with van der Waals surface area (Å²) in [6.07, 6.45) is 0. The van der Waals surface area contributed by atoms with Gasteiger partial charge in [-0.15, -0.1) is 10.2 Å². The Kier molecular flexibility index (Phi) is 5.48. The highest BCUT2D eigenvalue weighted by Crippen LogP contribution is 2.19. The summed E-state index contributed by atoms with van der Waals surface area (Å²) in [7, 11) is -3.64. The van der Waals surface area contributed by atoms with Gasteiger partial charge in [0.2, 0.25) is 5.13 Å². The zero-order valence-corrected chi connectivity index (χ0v) is 13.1. The lowest BCUT2D eigenvalue weighted by Gasteiger charge is -2.08. The van der Waals surface area contributed by atoms with E-state index in [9.17, 15) is 8.42 Å². The van der Waals surface area contributed by atoms with Gasteiger partial charge in [0, 0.05) is 6.54 Å². The third-order valence-corrected chi connectivity index (χ3v) is 4.60. The molecule has 0 atom stereocenters. The first kappa shape index (κ1) is 15.7. The Hall–Kier alpha value is -1.71. The van der Waals surface area contributed by atoms with Crippen molar-refractivity contribution in [1.29, 1.82) is 0 Å². The lowest BCUT2D eigenvalue weighted by molar-refractivity contribution is 0.315. The maximum atomic E-state index is 12.1. The Balaban J connectivity index is 1.97. The van der Waals surface area contributed by atoms with Crippen LogP contribution >= 0.6 is 11.3 Å². The van der Waals surface area contributed by atoms with Crippen LogP contribution in [-0.2, 0) is 10.0 Å². The van der Waals surface area contributed by atoms with E-state index in [2.05, 4.69) is 20.2 Å². The van der Waals surface area contributed by atoms with E-state index in [1.165, 1.54) is 17.6 Å². The second-order valence-electron chi connectivity index (χ2n) is 4.02. The molecule has 0 bridgehead atoms. The summed E-state index contributed by atoms with van der Waals surface area (Å²) in [6, 6.07) is 6.24. The summed E-state index contributed by atoms with van der Waals surface area (Å²) >= 11 is 1.12. The van der Waals surface area contributed by atoms with Crippen LogP contribution in [0.3, 0.4) is 0 Å². The van der Waals surface area contributed by atoms with E-state index in [0.717, 1.165) is 24.4 Å². The largest absolute Gasteiger partial charge is 0.492 e. The minimum Gasteiger partial charge on any atom is -0.492 e. The molecule has 0 amide bonds. The SMILES string of the molecule is CCNCCOc1ccc(S(=O)(=O)Nc2nncs2)cc1. The molecule has 1 aromatic heterocycles. The number of hydrogen-bond donors (Lipinski definition) is 2. The lowest BCUT2D eigenvalue weighted by Crippen LogP contribution is -2.20. The lowest BCUT2D eigenvalue weighted by atomic mass is 10.3. The zero-order chi connectivity index (χ0) is 15.1. The molecule has 0 radical (unpaired) electrons. The van der Waals surface area contributed by atoms with Crippen molar-refractivity contribution in [3.05, 3.63) is 29.8 Å². The van der Waals surface area contributed by atoms with Crippen LogP contribution in [0.5, 0.6) is 5.75 Å². The van der Waals surface area contributed by atoms with Gasteiger partial charge < -0.3 is 10.1 Å². The topological polar surface area (TPSA) is 93.2 Å². The third kappa shape index (κ3) is 4.66. The highest BCUT2D eigenvalue weighted by atomic mass is 32.2. The summed E-state index contributed by atoms with van der Waals surface area (Å²) in [5, 5.41) is 10.6. The first-order chi connectivity index (χ1) is 10.1. The van der Waals surface area contributed by atoms with E-state index in [1.54, 1.807) is 12.1 Å². The van der Waals surface area contributed by atoms with Crippen molar-refractivity contribution in [2.45, 2.75) is 11.8 Å². The first-order valence-electron chi connectivity index (χ1n) is 6.34. The van der Waals surface area contributed by atoms with E-state index in [-0.39, 0.29) is 10.0 Å². The quantitative estimate of drug-likeness (QED) is 0.710. The summed E-state index contributed by atoms with van der Waals surface area (Å²) in [6.45, 7) is 4.18. The van der Waals surface area contributed by atoms with Crippen molar-refractivity contribution >= 4 is 26.5 Å². The maximum absolute atomic E-state index is 12.1. The molecule has 0 aliphatic carbocycles. The van der Waals surface area contributed by atoms with Crippen LogP contribution in [0.15, 0.2) is 34.7 Å². The van der Waals surface area contributed by atoms with Crippen molar-refractivity contribution in [1.82, 2.24) is 15.5 Å². The number of benzene rings is 1. The highest BCUT2D eigenvalue weighted by molar-refractivity contribution is 7.93. The van der Waals surface area contributed by atoms with Gasteiger partial charge in [-0.2, -0.15) is 0 Å². The predicted molar refractivity (Wildman–Crippen MR) is 81.2 cm³/mol. The van der Waals surface area contributed by atoms with Crippen LogP contribution in [0.2, 0.25) is 0 Å². The van der Waals surface area contributed by atoms with Crippen LogP contribution in [0.25, 0.3) is 0 Å². The van der Waals surface area contributed by atoms with Crippen LogP contribution < -0.4 is 14.8 Å². The number of nitrogens with one attached hydrogen (secondary N) is 2. The Labute approximate surface area is 127 Å². The van der Waals surface area contributed by atoms with Crippen molar-refractivity contribution < 1.29 is 13.2 Å². The molecule has 21 heavy (non-hydrogen) atoms. The van der Waals surface area contributed by atoms with Gasteiger partial charge in [-0.1, -0.05) is 18.3 Å². The van der Waals surface area contributed by atoms with E-state index >= 15 is 0 Å². The van der Waals surface area contributed by atoms with Gasteiger partial charge in [0.15, 0.2) is 0 Å². The second-order valence-corrected chi connectivity index (χ2v) is 6.54. The number of ether oxygens (including phenoxy) is 1. The molecule has 0 saturated carbocycles. The molecule has 1 aromatic carbocycles. The molecule has 0 spiro atoms. The van der Waals surface area contributed by atoms with Gasteiger partial charge in [0.25, 0.3) is 10.0 Å². The summed E-state index contributed by atoms with van der Waals surface area (Å²) < 4.78 is 32.0. The molecule has 0 saturated heterocycles. The Morgan fingerprint density at radius 1 is 1.29 bits per heavy atom. The molecule has 0 aliphatic rings. The molecular formula is C12H16N4O3S2. The molecular weight excluding hydrogens is 312 g/mol. The number of rotatable bonds is 8. The van der Waals surface area contributed by atoms with Crippen LogP contribution in [0.4, 0.5) is 5.13 Å². The second kappa shape index (κ2) is 7.34. The molecule has 0 aliphatic heterocycles. The highest BCUT2D eigenvalue weighted by Gasteiger charge is 2.15. The Morgan fingerprint density at radius 2 is 2.05 bits per heavy atom. The minimum absolute atomic E-state index is 0.150. The average molecular weight is 328 g/mol. The number of anilines is 1. The van der Waals surface area contributed by atoms with Crippen LogP contribution in [0.1, 0.15) is 6.92 Å². The maximum Gasteiger partial charge on any atom is 0.263 e. The summed E-state index contributed by atoms with van der Waals surface area (Å²) in [5.41, 5.74) is 1.46. The summed E-state index contributed by atoms with van der Waals surface area (Å²) in [4.78, 5) is 0.150. The van der Waals surface area contributed by atoms with Crippen molar-refractivity contribution in [2.75, 3.05) is 24.4 Å². The average Bonchev–Trinajstić information content (AvgIpc) is 2.96. The molecule has 0 unspecified atom stereocenters. The minimum atomic E-state index is -3.64. The van der Waals surface area contributed by atoms with E-state index < -0.39 is 10.0 Å². The molecule has 0 fully saturated rings.